The van der Waals surface area contributed by atoms with E-state index >= 15 is 0 Å². The van der Waals surface area contributed by atoms with Gasteiger partial charge in [0, 0.05) is 18.3 Å². The van der Waals surface area contributed by atoms with E-state index in [2.05, 4.69) is 4.98 Å². The third-order valence-electron chi connectivity index (χ3n) is 5.76. The molecule has 3 aromatic rings. The van der Waals surface area contributed by atoms with E-state index in [1.165, 1.54) is 12.1 Å². The summed E-state index contributed by atoms with van der Waals surface area (Å²) in [7, 11) is 0. The predicted octanol–water partition coefficient (Wildman–Crippen LogP) is 4.12. The second-order valence-electron chi connectivity index (χ2n) is 7.57. The van der Waals surface area contributed by atoms with E-state index < -0.39 is 5.60 Å². The van der Waals surface area contributed by atoms with Gasteiger partial charge in [0.25, 0.3) is 5.91 Å². The van der Waals surface area contributed by atoms with Crippen molar-refractivity contribution < 1.29 is 18.7 Å². The van der Waals surface area contributed by atoms with Crippen molar-refractivity contribution in [3.63, 3.8) is 0 Å². The molecule has 5 rings (SSSR count). The number of piperidine rings is 1. The number of nitrogens with one attached hydrogen (secondary N) is 1. The van der Waals surface area contributed by atoms with Gasteiger partial charge in [0.05, 0.1) is 12.1 Å². The van der Waals surface area contributed by atoms with Crippen LogP contribution < -0.4 is 0 Å². The standard InChI is InChI=1S/C23H19FN2O3/c24-17-8-6-15(7-9-17)16-12-20(25-13-16)21(27)26-11-3-10-23(14-26)19-5-2-1-4-18(19)22(28)29-23/h1-2,4-9,12-13,25H,3,10-11,14H2. The summed E-state index contributed by atoms with van der Waals surface area (Å²) in [4.78, 5) is 30.2. The molecule has 0 radical (unpaired) electrons. The number of aromatic nitrogens is 1. The first-order valence-corrected chi connectivity index (χ1v) is 9.62. The number of hydrogen-bond acceptors (Lipinski definition) is 3. The van der Waals surface area contributed by atoms with Crippen LogP contribution in [0.4, 0.5) is 4.39 Å². The SMILES string of the molecule is O=C1OC2(CCCN(C(=O)c3cc(-c4ccc(F)cc4)c[nH]3)C2)c2ccccc21. The van der Waals surface area contributed by atoms with E-state index in [-0.39, 0.29) is 17.7 Å². The number of amides is 1. The maximum absolute atomic E-state index is 13.2. The van der Waals surface area contributed by atoms with Gasteiger partial charge < -0.3 is 14.6 Å². The van der Waals surface area contributed by atoms with Gasteiger partial charge in [0.1, 0.15) is 11.5 Å². The molecule has 0 aliphatic carbocycles. The average Bonchev–Trinajstić information content (AvgIpc) is 3.33. The lowest BCUT2D eigenvalue weighted by atomic mass is 9.85. The highest BCUT2D eigenvalue weighted by atomic mass is 19.1. The summed E-state index contributed by atoms with van der Waals surface area (Å²) in [5.74, 6) is -0.767. The number of ether oxygens (including phenoxy) is 1. The average molecular weight is 390 g/mol. The first kappa shape index (κ1) is 17.7. The van der Waals surface area contributed by atoms with Crippen molar-refractivity contribution in [2.45, 2.75) is 18.4 Å². The molecular weight excluding hydrogens is 371 g/mol. The highest BCUT2D eigenvalue weighted by Crippen LogP contribution is 2.43. The summed E-state index contributed by atoms with van der Waals surface area (Å²) in [6, 6.07) is 15.3. The topological polar surface area (TPSA) is 62.4 Å². The van der Waals surface area contributed by atoms with Crippen LogP contribution in [0.3, 0.4) is 0 Å². The number of hydrogen-bond donors (Lipinski definition) is 1. The Balaban J connectivity index is 1.40. The Kier molecular flexibility index (Phi) is 4.01. The summed E-state index contributed by atoms with van der Waals surface area (Å²) >= 11 is 0. The Morgan fingerprint density at radius 3 is 2.72 bits per heavy atom. The molecule has 1 spiro atoms. The lowest BCUT2D eigenvalue weighted by Crippen LogP contribution is -2.48. The Morgan fingerprint density at radius 1 is 1.10 bits per heavy atom. The van der Waals surface area contributed by atoms with Crippen molar-refractivity contribution in [2.75, 3.05) is 13.1 Å². The Labute approximate surface area is 167 Å². The van der Waals surface area contributed by atoms with Gasteiger partial charge >= 0.3 is 5.97 Å². The Hall–Kier alpha value is -3.41. The molecule has 2 aromatic carbocycles. The minimum absolute atomic E-state index is 0.141. The number of H-pyrrole nitrogens is 1. The molecule has 1 unspecified atom stereocenters. The fourth-order valence-corrected chi connectivity index (χ4v) is 4.34. The van der Waals surface area contributed by atoms with E-state index in [0.717, 1.165) is 23.1 Å². The van der Waals surface area contributed by atoms with Gasteiger partial charge in [-0.1, -0.05) is 30.3 Å². The summed E-state index contributed by atoms with van der Waals surface area (Å²) < 4.78 is 18.9. The zero-order valence-electron chi connectivity index (χ0n) is 15.7. The molecule has 0 bridgehead atoms. The number of likely N-dealkylation sites (tertiary alicyclic amines) is 1. The fourth-order valence-electron chi connectivity index (χ4n) is 4.34. The molecule has 0 saturated carbocycles. The van der Waals surface area contributed by atoms with Crippen LogP contribution in [-0.2, 0) is 10.3 Å². The molecule has 2 aliphatic heterocycles. The molecule has 1 aromatic heterocycles. The third kappa shape index (κ3) is 2.92. The van der Waals surface area contributed by atoms with Gasteiger partial charge in [-0.2, -0.15) is 0 Å². The van der Waals surface area contributed by atoms with E-state index in [1.807, 2.05) is 18.2 Å². The molecule has 3 heterocycles. The molecule has 29 heavy (non-hydrogen) atoms. The molecule has 1 N–H and O–H groups in total. The van der Waals surface area contributed by atoms with Gasteiger partial charge in [-0.25, -0.2) is 9.18 Å². The van der Waals surface area contributed by atoms with Crippen molar-refractivity contribution in [1.29, 1.82) is 0 Å². The van der Waals surface area contributed by atoms with Gasteiger partial charge in [-0.15, -0.1) is 0 Å². The monoisotopic (exact) mass is 390 g/mol. The fraction of sp³-hybridized carbons (Fsp3) is 0.217. The summed E-state index contributed by atoms with van der Waals surface area (Å²) in [6.07, 6.45) is 3.19. The summed E-state index contributed by atoms with van der Waals surface area (Å²) in [5, 5.41) is 0. The van der Waals surface area contributed by atoms with Gasteiger partial charge in [0.2, 0.25) is 0 Å². The van der Waals surface area contributed by atoms with Gasteiger partial charge in [0.15, 0.2) is 5.60 Å². The number of nitrogens with zero attached hydrogens (tertiary/aromatic N) is 1. The largest absolute Gasteiger partial charge is 0.449 e. The molecule has 1 saturated heterocycles. The Morgan fingerprint density at radius 2 is 1.90 bits per heavy atom. The summed E-state index contributed by atoms with van der Waals surface area (Å²) in [6.45, 7) is 0.935. The summed E-state index contributed by atoms with van der Waals surface area (Å²) in [5.41, 5.74) is 2.78. The number of esters is 1. The van der Waals surface area contributed by atoms with Crippen LogP contribution in [0, 0.1) is 5.82 Å². The minimum Gasteiger partial charge on any atom is -0.449 e. The van der Waals surface area contributed by atoms with Crippen LogP contribution in [-0.4, -0.2) is 34.8 Å². The second kappa shape index (κ2) is 6.58. The van der Waals surface area contributed by atoms with Crippen molar-refractivity contribution in [3.05, 3.63) is 83.4 Å². The van der Waals surface area contributed by atoms with Crippen LogP contribution in [0.5, 0.6) is 0 Å². The molecule has 2 aliphatic rings. The van der Waals surface area contributed by atoms with E-state index in [0.29, 0.717) is 30.8 Å². The van der Waals surface area contributed by atoms with E-state index in [9.17, 15) is 14.0 Å². The lowest BCUT2D eigenvalue weighted by molar-refractivity contribution is -0.0443. The molecular formula is C23H19FN2O3. The molecule has 1 atom stereocenters. The smallest absolute Gasteiger partial charge is 0.339 e. The van der Waals surface area contributed by atoms with Crippen molar-refractivity contribution in [2.24, 2.45) is 0 Å². The first-order chi connectivity index (χ1) is 14.1. The molecule has 6 heteroatoms. The van der Waals surface area contributed by atoms with Crippen molar-refractivity contribution in [1.82, 2.24) is 9.88 Å². The zero-order valence-corrected chi connectivity index (χ0v) is 15.7. The lowest BCUT2D eigenvalue weighted by Gasteiger charge is -2.39. The zero-order chi connectivity index (χ0) is 20.0. The highest BCUT2D eigenvalue weighted by Gasteiger charge is 2.48. The van der Waals surface area contributed by atoms with Crippen LogP contribution in [0.25, 0.3) is 11.1 Å². The maximum atomic E-state index is 13.2. The number of halogens is 1. The van der Waals surface area contributed by atoms with Gasteiger partial charge in [-0.05, 0) is 48.2 Å². The quantitative estimate of drug-likeness (QED) is 0.670. The van der Waals surface area contributed by atoms with Crippen LogP contribution in [0.2, 0.25) is 0 Å². The number of fused-ring (bicyclic) bond motifs is 2. The third-order valence-corrected chi connectivity index (χ3v) is 5.76. The molecule has 5 nitrogen and oxygen atoms in total. The van der Waals surface area contributed by atoms with Gasteiger partial charge in [-0.3, -0.25) is 4.79 Å². The highest BCUT2D eigenvalue weighted by molar-refractivity contribution is 5.96. The minimum atomic E-state index is -0.770. The first-order valence-electron chi connectivity index (χ1n) is 9.62. The normalized spacial score (nSPS) is 20.6. The van der Waals surface area contributed by atoms with E-state index in [4.69, 9.17) is 4.74 Å². The van der Waals surface area contributed by atoms with Crippen LogP contribution >= 0.6 is 0 Å². The Bertz CT molecular complexity index is 1110. The number of benzene rings is 2. The number of carbonyl (C=O) groups excluding carboxylic acids is 2. The molecule has 1 amide bonds. The second-order valence-corrected chi connectivity index (χ2v) is 7.57. The van der Waals surface area contributed by atoms with E-state index in [1.54, 1.807) is 35.4 Å². The molecule has 146 valence electrons. The predicted molar refractivity (Wildman–Crippen MR) is 105 cm³/mol. The number of carbonyl (C=O) groups is 2. The number of aromatic amines is 1. The van der Waals surface area contributed by atoms with Crippen LogP contribution in [0.1, 0.15) is 39.3 Å². The van der Waals surface area contributed by atoms with Crippen molar-refractivity contribution in [3.8, 4) is 11.1 Å². The van der Waals surface area contributed by atoms with Crippen LogP contribution in [0.15, 0.2) is 60.8 Å². The molecule has 1 fully saturated rings. The van der Waals surface area contributed by atoms with Crippen molar-refractivity contribution >= 4 is 11.9 Å². The maximum Gasteiger partial charge on any atom is 0.339 e. The number of rotatable bonds is 2.